The lowest BCUT2D eigenvalue weighted by Gasteiger charge is -2.30. The van der Waals surface area contributed by atoms with Crippen LogP contribution in [0.15, 0.2) is 60.9 Å². The first-order valence-corrected chi connectivity index (χ1v) is 12.9. The average molecular weight is 490 g/mol. The molecule has 2 aromatic carbocycles. The Bertz CT molecular complexity index is 1650. The molecule has 0 atom stereocenters. The van der Waals surface area contributed by atoms with Gasteiger partial charge in [-0.05, 0) is 49.4 Å². The van der Waals surface area contributed by atoms with Gasteiger partial charge in [0.25, 0.3) is 5.91 Å². The van der Waals surface area contributed by atoms with Crippen molar-refractivity contribution in [3.05, 3.63) is 89.0 Å². The number of hydrogen-bond donors (Lipinski definition) is 0. The molecule has 0 saturated heterocycles. The maximum absolute atomic E-state index is 14.2. The molecule has 1 aliphatic heterocycles. The molecule has 1 aliphatic carbocycles. The normalized spacial score (nSPS) is 15.0. The van der Waals surface area contributed by atoms with Crippen LogP contribution in [0.4, 0.5) is 0 Å². The van der Waals surface area contributed by atoms with E-state index in [1.54, 1.807) is 6.33 Å². The lowest BCUT2D eigenvalue weighted by atomic mass is 9.89. The first-order chi connectivity index (χ1) is 18.2. The third-order valence-corrected chi connectivity index (χ3v) is 7.71. The molecule has 0 saturated carbocycles. The summed E-state index contributed by atoms with van der Waals surface area (Å²) in [7, 11) is 1.97. The summed E-state index contributed by atoms with van der Waals surface area (Å²) in [4.78, 5) is 21.1. The predicted molar refractivity (Wildman–Crippen MR) is 140 cm³/mol. The fourth-order valence-corrected chi connectivity index (χ4v) is 5.89. The smallest absolute Gasteiger partial charge is 0.255 e. The summed E-state index contributed by atoms with van der Waals surface area (Å²) >= 11 is 0. The van der Waals surface area contributed by atoms with Crippen LogP contribution in [0, 0.1) is 0 Å². The van der Waals surface area contributed by atoms with E-state index in [2.05, 4.69) is 10.2 Å². The Labute approximate surface area is 214 Å². The zero-order valence-corrected chi connectivity index (χ0v) is 20.8. The molecule has 0 bridgehead atoms. The molecular formula is C29H27N7O. The van der Waals surface area contributed by atoms with Gasteiger partial charge in [-0.2, -0.15) is 5.10 Å². The summed E-state index contributed by atoms with van der Waals surface area (Å²) < 4.78 is 3.89. The number of aromatic nitrogens is 6. The minimum atomic E-state index is 0.0849. The number of amides is 1. The molecule has 3 aromatic heterocycles. The van der Waals surface area contributed by atoms with Gasteiger partial charge in [-0.1, -0.05) is 36.4 Å². The van der Waals surface area contributed by atoms with E-state index in [9.17, 15) is 4.79 Å². The van der Waals surface area contributed by atoms with Crippen molar-refractivity contribution in [3.8, 4) is 17.2 Å². The summed E-state index contributed by atoms with van der Waals surface area (Å²) in [6.45, 7) is 1.14. The Balaban J connectivity index is 1.30. The molecule has 0 spiro atoms. The molecule has 0 radical (unpaired) electrons. The molecule has 8 nitrogen and oxygen atoms in total. The fourth-order valence-electron chi connectivity index (χ4n) is 5.89. The minimum absolute atomic E-state index is 0.0849. The van der Waals surface area contributed by atoms with E-state index >= 15 is 0 Å². The quantitative estimate of drug-likeness (QED) is 0.378. The molecule has 8 heteroatoms. The number of aryl methyl sites for hydroxylation is 2. The van der Waals surface area contributed by atoms with Crippen LogP contribution in [0.2, 0.25) is 0 Å². The van der Waals surface area contributed by atoms with Gasteiger partial charge in [-0.3, -0.25) is 19.0 Å². The summed E-state index contributed by atoms with van der Waals surface area (Å²) in [5.74, 6) is 0.769. The number of pyridine rings is 1. The predicted octanol–water partition coefficient (Wildman–Crippen LogP) is 4.29. The Morgan fingerprint density at radius 3 is 2.62 bits per heavy atom. The van der Waals surface area contributed by atoms with E-state index < -0.39 is 0 Å². The molecule has 5 aromatic rings. The second kappa shape index (κ2) is 8.65. The molecule has 7 rings (SSSR count). The lowest BCUT2D eigenvalue weighted by molar-refractivity contribution is 0.0734. The van der Waals surface area contributed by atoms with E-state index in [0.29, 0.717) is 18.9 Å². The number of carbonyl (C=O) groups is 1. The van der Waals surface area contributed by atoms with Crippen molar-refractivity contribution in [3.63, 3.8) is 0 Å². The van der Waals surface area contributed by atoms with E-state index in [-0.39, 0.29) is 5.91 Å². The number of hydrogen-bond acceptors (Lipinski definition) is 5. The number of benzene rings is 2. The molecule has 0 fully saturated rings. The zero-order valence-electron chi connectivity index (χ0n) is 20.8. The highest BCUT2D eigenvalue weighted by Crippen LogP contribution is 2.34. The maximum atomic E-state index is 14.2. The van der Waals surface area contributed by atoms with Crippen LogP contribution in [0.1, 0.15) is 45.7 Å². The summed E-state index contributed by atoms with van der Waals surface area (Å²) in [5.41, 5.74) is 7.89. The third-order valence-electron chi connectivity index (χ3n) is 7.71. The highest BCUT2D eigenvalue weighted by molar-refractivity contribution is 6.07. The van der Waals surface area contributed by atoms with Gasteiger partial charge < -0.3 is 4.90 Å². The van der Waals surface area contributed by atoms with E-state index in [1.807, 2.05) is 75.8 Å². The maximum Gasteiger partial charge on any atom is 0.255 e. The van der Waals surface area contributed by atoms with Crippen molar-refractivity contribution in [2.24, 2.45) is 7.05 Å². The number of rotatable bonds is 3. The number of carbonyl (C=O) groups excluding carboxylic acids is 1. The molecule has 2 aliphatic rings. The van der Waals surface area contributed by atoms with Crippen molar-refractivity contribution in [1.82, 2.24) is 34.4 Å². The highest BCUT2D eigenvalue weighted by atomic mass is 16.2. The van der Waals surface area contributed by atoms with E-state index in [4.69, 9.17) is 10.1 Å². The summed E-state index contributed by atoms with van der Waals surface area (Å²) in [6.07, 6.45) is 6.53. The molecule has 0 N–H and O–H groups in total. The molecule has 0 unspecified atom stereocenters. The van der Waals surface area contributed by atoms with Crippen molar-refractivity contribution in [1.29, 1.82) is 0 Å². The van der Waals surface area contributed by atoms with E-state index in [0.717, 1.165) is 82.5 Å². The summed E-state index contributed by atoms with van der Waals surface area (Å²) in [5, 5.41) is 14.4. The van der Waals surface area contributed by atoms with Crippen molar-refractivity contribution < 1.29 is 4.79 Å². The van der Waals surface area contributed by atoms with Crippen LogP contribution >= 0.6 is 0 Å². The van der Waals surface area contributed by atoms with Crippen molar-refractivity contribution in [2.45, 2.75) is 38.6 Å². The van der Waals surface area contributed by atoms with Crippen LogP contribution in [0.25, 0.3) is 28.1 Å². The Hall–Kier alpha value is -4.33. The topological polar surface area (TPSA) is 81.7 Å². The van der Waals surface area contributed by atoms with Gasteiger partial charge in [-0.15, -0.1) is 10.2 Å². The Kier molecular flexibility index (Phi) is 5.13. The lowest BCUT2D eigenvalue weighted by Crippen LogP contribution is -2.37. The monoisotopic (exact) mass is 489 g/mol. The van der Waals surface area contributed by atoms with Gasteiger partial charge in [0.05, 0.1) is 17.6 Å². The van der Waals surface area contributed by atoms with Crippen LogP contribution < -0.4 is 0 Å². The Morgan fingerprint density at radius 1 is 0.919 bits per heavy atom. The fraction of sp³-hybridized carbons (Fsp3) is 0.276. The summed E-state index contributed by atoms with van der Waals surface area (Å²) in [6, 6.07) is 18.1. The van der Waals surface area contributed by atoms with Gasteiger partial charge in [0.2, 0.25) is 0 Å². The average Bonchev–Trinajstić information content (AvgIpc) is 3.56. The second-order valence-electron chi connectivity index (χ2n) is 9.87. The zero-order chi connectivity index (χ0) is 24.9. The molecule has 1 amide bonds. The number of para-hydroxylation sites is 2. The number of nitrogens with zero attached hydrogens (tertiary/aromatic N) is 7. The first-order valence-electron chi connectivity index (χ1n) is 12.9. The van der Waals surface area contributed by atoms with Crippen LogP contribution in [0.3, 0.4) is 0 Å². The van der Waals surface area contributed by atoms with E-state index in [1.165, 1.54) is 0 Å². The van der Waals surface area contributed by atoms with Crippen molar-refractivity contribution >= 4 is 16.8 Å². The molecular weight excluding hydrogens is 462 g/mol. The van der Waals surface area contributed by atoms with Crippen LogP contribution in [-0.4, -0.2) is 46.9 Å². The highest BCUT2D eigenvalue weighted by Gasteiger charge is 2.32. The van der Waals surface area contributed by atoms with Crippen LogP contribution in [-0.2, 0) is 32.9 Å². The molecule has 37 heavy (non-hydrogen) atoms. The van der Waals surface area contributed by atoms with Crippen molar-refractivity contribution in [2.75, 3.05) is 6.54 Å². The Morgan fingerprint density at radius 2 is 1.73 bits per heavy atom. The molecule has 184 valence electrons. The van der Waals surface area contributed by atoms with Gasteiger partial charge in [0.15, 0.2) is 5.82 Å². The SMILES string of the molecule is Cn1nc(-c2nncn2-c2ccccc2)c2c1CCN(C(=O)c1c3c(nc4ccccc14)CCCC3)C2. The second-order valence-corrected chi connectivity index (χ2v) is 9.87. The van der Waals surface area contributed by atoms with Gasteiger partial charge >= 0.3 is 0 Å². The first kappa shape index (κ1) is 21.9. The van der Waals surface area contributed by atoms with Gasteiger partial charge in [0.1, 0.15) is 12.0 Å². The third kappa shape index (κ3) is 3.55. The van der Waals surface area contributed by atoms with Crippen LogP contribution in [0.5, 0.6) is 0 Å². The number of fused-ring (bicyclic) bond motifs is 3. The van der Waals surface area contributed by atoms with Gasteiger partial charge in [0, 0.05) is 48.0 Å². The molecule has 4 heterocycles. The van der Waals surface area contributed by atoms with Gasteiger partial charge in [-0.25, -0.2) is 0 Å². The largest absolute Gasteiger partial charge is 0.334 e. The standard InChI is InChI=1S/C29H27N7O/c1-34-25-15-16-35(17-22(25)27(33-34)28-32-30-18-36(28)19-9-3-2-4-10-19)29(37)26-20-11-5-7-13-23(20)31-24-14-8-6-12-21(24)26/h2-5,7,9-11,13,18H,6,8,12,14-17H2,1H3. The minimum Gasteiger partial charge on any atom is -0.334 e.